The number of aromatic nitrogens is 2. The molecule has 1 fully saturated rings. The number of amides is 3. The number of carbonyl (C=O) groups excluding carboxylic acids is 3. The third kappa shape index (κ3) is 7.10. The molecule has 0 spiro atoms. The molecule has 0 saturated carbocycles. The van der Waals surface area contributed by atoms with Crippen molar-refractivity contribution in [1.29, 1.82) is 0 Å². The van der Waals surface area contributed by atoms with Gasteiger partial charge in [-0.2, -0.15) is 0 Å². The van der Waals surface area contributed by atoms with E-state index in [9.17, 15) is 14.4 Å². The quantitative estimate of drug-likeness (QED) is 0.133. The van der Waals surface area contributed by atoms with E-state index in [1.807, 2.05) is 49.5 Å². The summed E-state index contributed by atoms with van der Waals surface area (Å²) in [5, 5.41) is 6.72. The Balaban J connectivity index is 0.852. The lowest BCUT2D eigenvalue weighted by Crippen LogP contribution is -2.52. The van der Waals surface area contributed by atoms with Crippen molar-refractivity contribution in [3.05, 3.63) is 90.1 Å². The molecular weight excluding hydrogens is 641 g/mol. The van der Waals surface area contributed by atoms with Gasteiger partial charge in [-0.1, -0.05) is 24.3 Å². The predicted octanol–water partition coefficient (Wildman–Crippen LogP) is 5.36. The van der Waals surface area contributed by atoms with Crippen LogP contribution in [0.3, 0.4) is 0 Å². The number of thiazole rings is 1. The average Bonchev–Trinajstić information content (AvgIpc) is 3.68. The minimum atomic E-state index is -0.634. The van der Waals surface area contributed by atoms with E-state index in [-0.39, 0.29) is 18.2 Å². The number of carbonyl (C=O) groups is 3. The number of rotatable bonds is 12. The summed E-state index contributed by atoms with van der Waals surface area (Å²) in [6, 6.07) is 23.4. The first-order valence-corrected chi connectivity index (χ1v) is 17.0. The summed E-state index contributed by atoms with van der Waals surface area (Å²) >= 11 is 1.67. The number of fused-ring (bicyclic) bond motifs is 2. The summed E-state index contributed by atoms with van der Waals surface area (Å²) in [4.78, 5) is 49.5. The highest BCUT2D eigenvalue weighted by Gasteiger charge is 2.39. The lowest BCUT2D eigenvalue weighted by atomic mass is 10.0. The van der Waals surface area contributed by atoms with Gasteiger partial charge in [-0.25, -0.2) is 9.97 Å². The van der Waals surface area contributed by atoms with Crippen molar-refractivity contribution in [2.24, 2.45) is 0 Å². The minimum Gasteiger partial charge on any atom is -0.491 e. The standard InChI is InChI=1S/C37H36N6O5S/c1-42(2)33-13-7-25(21-39-33)23-3-5-24(6-4-23)36-40-30-11-8-27(20-32(30)49-36)38-15-16-47-17-18-48-28-9-10-29-26(19-28)22-43(37(29)46)31-12-14-34(44)41-35(31)45/h3-11,13,19-21,31,38H,12,14-18,22H2,1-2H3,(H,41,44,45). The van der Waals surface area contributed by atoms with Crippen LogP contribution < -0.4 is 20.3 Å². The Morgan fingerprint density at radius 2 is 1.76 bits per heavy atom. The molecule has 11 nitrogen and oxygen atoms in total. The van der Waals surface area contributed by atoms with Crippen molar-refractivity contribution >= 4 is 50.8 Å². The van der Waals surface area contributed by atoms with E-state index >= 15 is 0 Å². The Bertz CT molecular complexity index is 2010. The van der Waals surface area contributed by atoms with Gasteiger partial charge in [-0.15, -0.1) is 11.3 Å². The van der Waals surface area contributed by atoms with Crippen LogP contribution in [0.2, 0.25) is 0 Å². The fraction of sp³-hybridized carbons (Fsp3) is 0.270. The van der Waals surface area contributed by atoms with Gasteiger partial charge < -0.3 is 24.6 Å². The number of imide groups is 1. The van der Waals surface area contributed by atoms with Gasteiger partial charge >= 0.3 is 0 Å². The number of hydrogen-bond donors (Lipinski definition) is 2. The lowest BCUT2D eigenvalue weighted by molar-refractivity contribution is -0.136. The summed E-state index contributed by atoms with van der Waals surface area (Å²) in [6.45, 7) is 2.23. The van der Waals surface area contributed by atoms with Gasteiger partial charge in [0.25, 0.3) is 5.91 Å². The number of pyridine rings is 1. The molecule has 0 aliphatic carbocycles. The fourth-order valence-corrected chi connectivity index (χ4v) is 7.02. The topological polar surface area (TPSA) is 126 Å². The summed E-state index contributed by atoms with van der Waals surface area (Å²) < 4.78 is 12.7. The molecule has 3 amide bonds. The minimum absolute atomic E-state index is 0.201. The number of hydrogen-bond acceptors (Lipinski definition) is 10. The largest absolute Gasteiger partial charge is 0.491 e. The zero-order chi connectivity index (χ0) is 33.9. The van der Waals surface area contributed by atoms with Crippen LogP contribution in [0.4, 0.5) is 11.5 Å². The van der Waals surface area contributed by atoms with Crippen LogP contribution in [-0.2, 0) is 20.9 Å². The van der Waals surface area contributed by atoms with Crippen LogP contribution in [0.15, 0.2) is 79.0 Å². The van der Waals surface area contributed by atoms with Crippen molar-refractivity contribution in [3.8, 4) is 27.4 Å². The van der Waals surface area contributed by atoms with Gasteiger partial charge in [0.2, 0.25) is 11.8 Å². The lowest BCUT2D eigenvalue weighted by Gasteiger charge is -2.29. The van der Waals surface area contributed by atoms with Crippen LogP contribution in [0.5, 0.6) is 5.75 Å². The van der Waals surface area contributed by atoms with E-state index in [0.29, 0.717) is 50.6 Å². The molecule has 1 atom stereocenters. The predicted molar refractivity (Wildman–Crippen MR) is 190 cm³/mol. The molecule has 2 aliphatic heterocycles. The van der Waals surface area contributed by atoms with E-state index in [1.165, 1.54) is 4.90 Å². The Morgan fingerprint density at radius 1 is 0.939 bits per heavy atom. The summed E-state index contributed by atoms with van der Waals surface area (Å²) in [6.07, 6.45) is 2.46. The summed E-state index contributed by atoms with van der Waals surface area (Å²) in [5.41, 5.74) is 6.60. The SMILES string of the molecule is CN(C)c1ccc(-c2ccc(-c3nc4ccc(NCCOCCOc5ccc6c(c5)CN(C5CCC(=O)NC5=O)C6=O)cc4s3)cc2)cn1. The number of nitrogens with zero attached hydrogens (tertiary/aromatic N) is 4. The van der Waals surface area contributed by atoms with Crippen LogP contribution in [0, 0.1) is 0 Å². The van der Waals surface area contributed by atoms with Gasteiger partial charge in [0.15, 0.2) is 0 Å². The second kappa shape index (κ2) is 14.0. The van der Waals surface area contributed by atoms with Gasteiger partial charge in [0.1, 0.15) is 29.2 Å². The first kappa shape index (κ1) is 32.2. The van der Waals surface area contributed by atoms with Crippen molar-refractivity contribution in [2.45, 2.75) is 25.4 Å². The van der Waals surface area contributed by atoms with Crippen LogP contribution in [0.25, 0.3) is 31.9 Å². The maximum Gasteiger partial charge on any atom is 0.255 e. The third-order valence-corrected chi connectivity index (χ3v) is 9.69. The molecule has 0 radical (unpaired) electrons. The van der Waals surface area contributed by atoms with E-state index in [2.05, 4.69) is 52.0 Å². The molecule has 1 saturated heterocycles. The summed E-state index contributed by atoms with van der Waals surface area (Å²) in [5.74, 6) is 0.646. The zero-order valence-electron chi connectivity index (χ0n) is 27.3. The molecule has 2 N–H and O–H groups in total. The maximum atomic E-state index is 12.9. The molecule has 5 aromatic rings. The van der Waals surface area contributed by atoms with E-state index in [4.69, 9.17) is 14.5 Å². The number of piperidine rings is 1. The fourth-order valence-electron chi connectivity index (χ4n) is 6.01. The van der Waals surface area contributed by atoms with Crippen molar-refractivity contribution < 1.29 is 23.9 Å². The van der Waals surface area contributed by atoms with Crippen molar-refractivity contribution in [3.63, 3.8) is 0 Å². The third-order valence-electron chi connectivity index (χ3n) is 8.63. The Morgan fingerprint density at radius 3 is 2.53 bits per heavy atom. The highest BCUT2D eigenvalue weighted by atomic mass is 32.1. The molecule has 250 valence electrons. The maximum absolute atomic E-state index is 12.9. The van der Waals surface area contributed by atoms with Gasteiger partial charge in [-0.05, 0) is 66.1 Å². The molecule has 0 bridgehead atoms. The molecule has 12 heteroatoms. The molecule has 1 unspecified atom stereocenters. The van der Waals surface area contributed by atoms with Crippen molar-refractivity contribution in [1.82, 2.24) is 20.2 Å². The van der Waals surface area contributed by atoms with Gasteiger partial charge in [0.05, 0.1) is 23.4 Å². The Kier molecular flexibility index (Phi) is 9.23. The molecule has 7 rings (SSSR count). The smallest absolute Gasteiger partial charge is 0.255 e. The van der Waals surface area contributed by atoms with Crippen molar-refractivity contribution in [2.75, 3.05) is 50.7 Å². The number of benzene rings is 3. The normalized spacial score (nSPS) is 15.8. The van der Waals surface area contributed by atoms with Gasteiger partial charge in [0, 0.05) is 62.2 Å². The number of ether oxygens (including phenoxy) is 2. The first-order chi connectivity index (χ1) is 23.8. The average molecular weight is 677 g/mol. The second-order valence-electron chi connectivity index (χ2n) is 12.2. The molecule has 3 aromatic carbocycles. The van der Waals surface area contributed by atoms with Gasteiger partial charge in [-0.3, -0.25) is 19.7 Å². The molecular formula is C37H36N6O5S. The molecule has 49 heavy (non-hydrogen) atoms. The Hall–Kier alpha value is -5.33. The second-order valence-corrected chi connectivity index (χ2v) is 13.2. The monoisotopic (exact) mass is 676 g/mol. The first-order valence-electron chi connectivity index (χ1n) is 16.2. The van der Waals surface area contributed by atoms with Crippen LogP contribution in [-0.4, -0.2) is 79.1 Å². The highest BCUT2D eigenvalue weighted by Crippen LogP contribution is 2.33. The number of anilines is 2. The van der Waals surface area contributed by atoms with Crippen LogP contribution >= 0.6 is 11.3 Å². The molecule has 2 aromatic heterocycles. The highest BCUT2D eigenvalue weighted by molar-refractivity contribution is 7.21. The van der Waals surface area contributed by atoms with E-state index in [1.54, 1.807) is 23.5 Å². The molecule has 2 aliphatic rings. The Labute approximate surface area is 287 Å². The molecule has 4 heterocycles. The number of nitrogens with one attached hydrogen (secondary N) is 2. The van der Waals surface area contributed by atoms with Crippen LogP contribution in [0.1, 0.15) is 28.8 Å². The summed E-state index contributed by atoms with van der Waals surface area (Å²) in [7, 11) is 3.96. The zero-order valence-corrected chi connectivity index (χ0v) is 28.1. The van der Waals surface area contributed by atoms with E-state index < -0.39 is 11.9 Å². The van der Waals surface area contributed by atoms with E-state index in [0.717, 1.165) is 49.0 Å².